The molecule has 0 aromatic heterocycles. The lowest BCUT2D eigenvalue weighted by molar-refractivity contribution is -0.120. The first kappa shape index (κ1) is 15.5. The van der Waals surface area contributed by atoms with Gasteiger partial charge in [-0.3, -0.25) is 4.79 Å². The van der Waals surface area contributed by atoms with Crippen molar-refractivity contribution < 1.29 is 13.6 Å². The van der Waals surface area contributed by atoms with Crippen LogP contribution >= 0.6 is 12.2 Å². The van der Waals surface area contributed by atoms with Gasteiger partial charge in [0.15, 0.2) is 11.6 Å². The zero-order chi connectivity index (χ0) is 14.3. The van der Waals surface area contributed by atoms with E-state index in [4.69, 9.17) is 18.0 Å². The number of thiocarbonyl (C=S) groups is 1. The number of benzene rings is 1. The van der Waals surface area contributed by atoms with Crippen LogP contribution in [0.2, 0.25) is 0 Å². The van der Waals surface area contributed by atoms with E-state index in [1.165, 1.54) is 6.07 Å². The van der Waals surface area contributed by atoms with Crippen molar-refractivity contribution in [3.05, 3.63) is 35.4 Å². The summed E-state index contributed by atoms with van der Waals surface area (Å²) in [4.78, 5) is 12.0. The molecule has 6 heteroatoms. The Bertz CT molecular complexity index is 466. The number of carbonyl (C=O) groups excluding carboxylic acids is 1. The second kappa shape index (κ2) is 7.78. The first-order valence-electron chi connectivity index (χ1n) is 5.98. The highest BCUT2D eigenvalue weighted by Gasteiger charge is 2.06. The Kier molecular flexibility index (Phi) is 6.35. The first-order chi connectivity index (χ1) is 8.99. The third-order valence-electron chi connectivity index (χ3n) is 2.52. The van der Waals surface area contributed by atoms with Crippen molar-refractivity contribution in [2.75, 3.05) is 6.54 Å². The molecule has 3 N–H and O–H groups in total. The van der Waals surface area contributed by atoms with Gasteiger partial charge in [-0.25, -0.2) is 8.78 Å². The van der Waals surface area contributed by atoms with E-state index in [-0.39, 0.29) is 12.3 Å². The zero-order valence-corrected chi connectivity index (χ0v) is 11.2. The number of unbranched alkanes of at least 4 members (excludes halogenated alkanes) is 1. The van der Waals surface area contributed by atoms with Gasteiger partial charge in [0.25, 0.3) is 0 Å². The van der Waals surface area contributed by atoms with E-state index in [9.17, 15) is 13.6 Å². The van der Waals surface area contributed by atoms with Gasteiger partial charge in [0.2, 0.25) is 5.91 Å². The predicted molar refractivity (Wildman–Crippen MR) is 73.7 cm³/mol. The molecule has 1 amide bonds. The lowest BCUT2D eigenvalue weighted by Crippen LogP contribution is -2.26. The van der Waals surface area contributed by atoms with Gasteiger partial charge in [-0.15, -0.1) is 0 Å². The van der Waals surface area contributed by atoms with E-state index in [1.807, 2.05) is 0 Å². The Balaban J connectivity index is 2.27. The molecule has 0 heterocycles. The number of hydrogen-bond donors (Lipinski definition) is 2. The summed E-state index contributed by atoms with van der Waals surface area (Å²) < 4.78 is 25.6. The fourth-order valence-electron chi connectivity index (χ4n) is 1.55. The van der Waals surface area contributed by atoms with Gasteiger partial charge in [0.1, 0.15) is 0 Å². The van der Waals surface area contributed by atoms with Crippen molar-refractivity contribution in [3.8, 4) is 0 Å². The standard InChI is InChI=1S/C13H16F2N2OS/c14-10-5-4-9(7-11(10)15)8-13(18)17-6-2-1-3-12(16)19/h4-5,7H,1-3,6,8H2,(H2,16,19)(H,17,18). The predicted octanol–water partition coefficient (Wildman–Crippen LogP) is 2.08. The average molecular weight is 286 g/mol. The Labute approximate surface area is 116 Å². The van der Waals surface area contributed by atoms with Gasteiger partial charge >= 0.3 is 0 Å². The molecule has 0 unspecified atom stereocenters. The molecular weight excluding hydrogens is 270 g/mol. The van der Waals surface area contributed by atoms with Crippen molar-refractivity contribution >= 4 is 23.1 Å². The van der Waals surface area contributed by atoms with Crippen molar-refractivity contribution in [1.82, 2.24) is 5.32 Å². The van der Waals surface area contributed by atoms with Gasteiger partial charge in [0, 0.05) is 6.54 Å². The minimum atomic E-state index is -0.943. The SMILES string of the molecule is NC(=S)CCCCNC(=O)Cc1ccc(F)c(F)c1. The normalized spacial score (nSPS) is 10.2. The maximum Gasteiger partial charge on any atom is 0.224 e. The molecule has 1 rings (SSSR count). The van der Waals surface area contributed by atoms with E-state index in [1.54, 1.807) is 0 Å². The Hall–Kier alpha value is -1.56. The number of nitrogens with two attached hydrogens (primary N) is 1. The van der Waals surface area contributed by atoms with Crippen molar-refractivity contribution in [1.29, 1.82) is 0 Å². The first-order valence-corrected chi connectivity index (χ1v) is 6.39. The van der Waals surface area contributed by atoms with Gasteiger partial charge in [-0.2, -0.15) is 0 Å². The van der Waals surface area contributed by atoms with Crippen LogP contribution in [0, 0.1) is 11.6 Å². The highest BCUT2D eigenvalue weighted by Crippen LogP contribution is 2.09. The Morgan fingerprint density at radius 3 is 2.63 bits per heavy atom. The summed E-state index contributed by atoms with van der Waals surface area (Å²) in [5, 5.41) is 2.70. The maximum atomic E-state index is 12.9. The van der Waals surface area contributed by atoms with Gasteiger partial charge < -0.3 is 11.1 Å². The van der Waals surface area contributed by atoms with Crippen LogP contribution in [0.25, 0.3) is 0 Å². The topological polar surface area (TPSA) is 55.1 Å². The van der Waals surface area contributed by atoms with Crippen LogP contribution in [0.1, 0.15) is 24.8 Å². The molecule has 0 aliphatic carbocycles. The molecular formula is C13H16F2N2OS. The zero-order valence-electron chi connectivity index (χ0n) is 10.4. The molecule has 0 bridgehead atoms. The highest BCUT2D eigenvalue weighted by molar-refractivity contribution is 7.80. The fourth-order valence-corrected chi connectivity index (χ4v) is 1.69. The summed E-state index contributed by atoms with van der Waals surface area (Å²) in [6.45, 7) is 0.519. The van der Waals surface area contributed by atoms with Crippen molar-refractivity contribution in [3.63, 3.8) is 0 Å². The Morgan fingerprint density at radius 2 is 2.00 bits per heavy atom. The fraction of sp³-hybridized carbons (Fsp3) is 0.385. The van der Waals surface area contributed by atoms with Crippen LogP contribution in [0.3, 0.4) is 0 Å². The molecule has 1 aromatic rings. The number of rotatable bonds is 7. The van der Waals surface area contributed by atoms with Gasteiger partial charge in [-0.05, 0) is 37.0 Å². The van der Waals surface area contributed by atoms with Crippen LogP contribution in [0.4, 0.5) is 8.78 Å². The molecule has 0 aliphatic heterocycles. The quantitative estimate of drug-likeness (QED) is 0.596. The number of hydrogen-bond acceptors (Lipinski definition) is 2. The van der Waals surface area contributed by atoms with Gasteiger partial charge in [0.05, 0.1) is 11.4 Å². The van der Waals surface area contributed by atoms with Crippen LogP contribution in [0.5, 0.6) is 0 Å². The third-order valence-corrected chi connectivity index (χ3v) is 2.72. The lowest BCUT2D eigenvalue weighted by Gasteiger charge is -2.05. The molecule has 0 saturated heterocycles. The molecule has 104 valence electrons. The highest BCUT2D eigenvalue weighted by atomic mass is 32.1. The average Bonchev–Trinajstić information content (AvgIpc) is 2.33. The van der Waals surface area contributed by atoms with E-state index in [0.717, 1.165) is 25.0 Å². The van der Waals surface area contributed by atoms with Crippen molar-refractivity contribution in [2.24, 2.45) is 5.73 Å². The summed E-state index contributed by atoms with van der Waals surface area (Å²) in [6.07, 6.45) is 2.29. The van der Waals surface area contributed by atoms with E-state index < -0.39 is 11.6 Å². The number of carbonyl (C=O) groups is 1. The molecule has 0 spiro atoms. The molecule has 1 aromatic carbocycles. The number of halogens is 2. The second-order valence-electron chi connectivity index (χ2n) is 4.20. The number of amides is 1. The molecule has 0 atom stereocenters. The van der Waals surface area contributed by atoms with Crippen molar-refractivity contribution in [2.45, 2.75) is 25.7 Å². The largest absolute Gasteiger partial charge is 0.393 e. The summed E-state index contributed by atoms with van der Waals surface area (Å²) in [7, 11) is 0. The van der Waals surface area contributed by atoms with Crippen LogP contribution in [-0.2, 0) is 11.2 Å². The molecule has 0 saturated carbocycles. The minimum Gasteiger partial charge on any atom is -0.393 e. The minimum absolute atomic E-state index is 0.0342. The summed E-state index contributed by atoms with van der Waals surface area (Å²) in [6, 6.07) is 3.44. The molecule has 0 fully saturated rings. The second-order valence-corrected chi connectivity index (χ2v) is 4.72. The molecule has 19 heavy (non-hydrogen) atoms. The monoisotopic (exact) mass is 286 g/mol. The van der Waals surface area contributed by atoms with Crippen LogP contribution in [-0.4, -0.2) is 17.4 Å². The Morgan fingerprint density at radius 1 is 1.26 bits per heavy atom. The van der Waals surface area contributed by atoms with Crippen LogP contribution in [0.15, 0.2) is 18.2 Å². The molecule has 0 radical (unpaired) electrons. The van der Waals surface area contributed by atoms with E-state index in [2.05, 4.69) is 5.32 Å². The van der Waals surface area contributed by atoms with Gasteiger partial charge in [-0.1, -0.05) is 18.3 Å². The van der Waals surface area contributed by atoms with E-state index >= 15 is 0 Å². The summed E-state index contributed by atoms with van der Waals surface area (Å²) in [5.74, 6) is -2.08. The number of nitrogens with one attached hydrogen (secondary N) is 1. The summed E-state index contributed by atoms with van der Waals surface area (Å²) >= 11 is 4.73. The maximum absolute atomic E-state index is 12.9. The lowest BCUT2D eigenvalue weighted by atomic mass is 10.1. The van der Waals surface area contributed by atoms with Crippen LogP contribution < -0.4 is 11.1 Å². The smallest absolute Gasteiger partial charge is 0.224 e. The van der Waals surface area contributed by atoms with E-state index in [0.29, 0.717) is 23.5 Å². The third kappa shape index (κ3) is 6.24. The summed E-state index contributed by atoms with van der Waals surface area (Å²) in [5.41, 5.74) is 5.78. The molecule has 3 nitrogen and oxygen atoms in total. The molecule has 0 aliphatic rings.